The van der Waals surface area contributed by atoms with Crippen LogP contribution in [-0.2, 0) is 4.79 Å². The van der Waals surface area contributed by atoms with Gasteiger partial charge in [0.15, 0.2) is 5.82 Å². The normalized spacial score (nSPS) is 10.8. The summed E-state index contributed by atoms with van der Waals surface area (Å²) in [5, 5.41) is 4.39. The highest BCUT2D eigenvalue weighted by Gasteiger charge is 2.29. The second-order valence-corrected chi connectivity index (χ2v) is 7.17. The van der Waals surface area contributed by atoms with Crippen LogP contribution in [0.5, 0.6) is 0 Å². The van der Waals surface area contributed by atoms with Crippen molar-refractivity contribution in [1.29, 1.82) is 0 Å². The maximum Gasteiger partial charge on any atom is 0.247 e. The molecule has 0 fully saturated rings. The van der Waals surface area contributed by atoms with Crippen molar-refractivity contribution in [2.24, 2.45) is 0 Å². The van der Waals surface area contributed by atoms with Crippen molar-refractivity contribution < 1.29 is 13.7 Å². The zero-order valence-corrected chi connectivity index (χ0v) is 17.2. The Morgan fingerprint density at radius 1 is 1.00 bits per heavy atom. The molecule has 30 heavy (non-hydrogen) atoms. The number of hydrogen-bond donors (Lipinski definition) is 0. The van der Waals surface area contributed by atoms with Gasteiger partial charge >= 0.3 is 0 Å². The number of anilines is 2. The van der Waals surface area contributed by atoms with Crippen LogP contribution in [0.25, 0.3) is 22.4 Å². The molecule has 5 nitrogen and oxygen atoms in total. The van der Waals surface area contributed by atoms with E-state index in [1.807, 2.05) is 0 Å². The monoisotopic (exact) mass is 441 g/mol. The Morgan fingerprint density at radius 2 is 1.70 bits per heavy atom. The number of nitrogens with zero attached hydrogens (tertiary/aromatic N) is 3. The fraction of sp³-hybridized carbons (Fsp3) is 0.0455. The third-order valence-electron chi connectivity index (χ3n) is 4.46. The van der Waals surface area contributed by atoms with Crippen LogP contribution in [0.15, 0.2) is 71.5 Å². The highest BCUT2D eigenvalue weighted by atomic mass is 35.5. The maximum atomic E-state index is 14.8. The van der Waals surface area contributed by atoms with Gasteiger partial charge in [-0.05, 0) is 42.0 Å². The van der Waals surface area contributed by atoms with Gasteiger partial charge in [-0.3, -0.25) is 9.78 Å². The first-order valence-corrected chi connectivity index (χ1v) is 9.64. The number of carbonyl (C=O) groups is 1. The van der Waals surface area contributed by atoms with E-state index in [4.69, 9.17) is 27.7 Å². The predicted octanol–water partition coefficient (Wildman–Crippen LogP) is 6.53. The molecule has 0 spiro atoms. The van der Waals surface area contributed by atoms with Crippen molar-refractivity contribution in [3.63, 3.8) is 0 Å². The molecule has 0 bridgehead atoms. The van der Waals surface area contributed by atoms with Gasteiger partial charge in [0, 0.05) is 24.9 Å². The van der Waals surface area contributed by atoms with Gasteiger partial charge in [-0.1, -0.05) is 46.6 Å². The molecule has 0 aliphatic heterocycles. The Kier molecular flexibility index (Phi) is 5.53. The van der Waals surface area contributed by atoms with E-state index in [0.29, 0.717) is 21.8 Å². The number of pyridine rings is 1. The molecule has 1 amide bonds. The average molecular weight is 442 g/mol. The number of para-hydroxylation sites is 1. The van der Waals surface area contributed by atoms with Crippen LogP contribution in [0.2, 0.25) is 10.0 Å². The summed E-state index contributed by atoms with van der Waals surface area (Å²) in [6.07, 6.45) is 3.16. The number of benzene rings is 2. The molecule has 0 unspecified atom stereocenters. The number of rotatable bonds is 4. The lowest BCUT2D eigenvalue weighted by Crippen LogP contribution is -2.23. The molecule has 0 saturated heterocycles. The lowest BCUT2D eigenvalue weighted by molar-refractivity contribution is -0.116. The van der Waals surface area contributed by atoms with Gasteiger partial charge in [-0.15, -0.1) is 0 Å². The zero-order valence-electron chi connectivity index (χ0n) is 15.6. The Labute approximate surface area is 181 Å². The molecule has 0 atom stereocenters. The van der Waals surface area contributed by atoms with E-state index in [2.05, 4.69) is 10.1 Å². The lowest BCUT2D eigenvalue weighted by atomic mass is 10.0. The smallest absolute Gasteiger partial charge is 0.247 e. The summed E-state index contributed by atoms with van der Waals surface area (Å²) in [6, 6.07) is 14.9. The standard InChI is InChI=1S/C22H14Cl2FN3O2/c1-13(29)28(18-8-3-2-6-16(18)23)22-19(14-9-11-26-12-10-14)21(27-30-22)15-5-4-7-17(24)20(15)25/h2-12H,1H3. The minimum Gasteiger partial charge on any atom is -0.336 e. The summed E-state index contributed by atoms with van der Waals surface area (Å²) in [5.41, 5.74) is 1.81. The van der Waals surface area contributed by atoms with Crippen molar-refractivity contribution in [1.82, 2.24) is 10.1 Å². The van der Waals surface area contributed by atoms with Crippen molar-refractivity contribution in [3.8, 4) is 22.4 Å². The van der Waals surface area contributed by atoms with Crippen LogP contribution >= 0.6 is 23.2 Å². The fourth-order valence-electron chi connectivity index (χ4n) is 3.14. The van der Waals surface area contributed by atoms with Crippen LogP contribution in [0.3, 0.4) is 0 Å². The van der Waals surface area contributed by atoms with Gasteiger partial charge < -0.3 is 4.52 Å². The molecule has 4 aromatic rings. The van der Waals surface area contributed by atoms with Crippen LogP contribution in [0.1, 0.15) is 6.92 Å². The highest BCUT2D eigenvalue weighted by Crippen LogP contribution is 2.44. The highest BCUT2D eigenvalue weighted by molar-refractivity contribution is 6.34. The second kappa shape index (κ2) is 8.26. The van der Waals surface area contributed by atoms with Crippen LogP contribution in [0.4, 0.5) is 16.0 Å². The molecule has 0 radical (unpaired) electrons. The number of aromatic nitrogens is 2. The van der Waals surface area contributed by atoms with Crippen molar-refractivity contribution in [2.75, 3.05) is 4.90 Å². The summed E-state index contributed by atoms with van der Waals surface area (Å²) in [7, 11) is 0. The third-order valence-corrected chi connectivity index (χ3v) is 5.07. The predicted molar refractivity (Wildman–Crippen MR) is 114 cm³/mol. The largest absolute Gasteiger partial charge is 0.336 e. The molecular formula is C22H14Cl2FN3O2. The van der Waals surface area contributed by atoms with Crippen LogP contribution in [-0.4, -0.2) is 16.0 Å². The minimum atomic E-state index is -0.638. The molecule has 2 heterocycles. The summed E-state index contributed by atoms with van der Waals surface area (Å²) < 4.78 is 20.4. The fourth-order valence-corrected chi connectivity index (χ4v) is 3.53. The number of halogens is 3. The van der Waals surface area contributed by atoms with E-state index in [1.165, 1.54) is 17.9 Å². The molecule has 150 valence electrons. The van der Waals surface area contributed by atoms with E-state index < -0.39 is 5.82 Å². The van der Waals surface area contributed by atoms with Crippen LogP contribution < -0.4 is 4.90 Å². The molecule has 2 aromatic heterocycles. The van der Waals surface area contributed by atoms with Gasteiger partial charge in [-0.25, -0.2) is 9.29 Å². The molecule has 0 saturated carbocycles. The first-order chi connectivity index (χ1) is 14.5. The summed E-state index contributed by atoms with van der Waals surface area (Å²) >= 11 is 12.3. The number of amides is 1. The van der Waals surface area contributed by atoms with Gasteiger partial charge in [0.1, 0.15) is 5.69 Å². The second-order valence-electron chi connectivity index (χ2n) is 6.35. The lowest BCUT2D eigenvalue weighted by Gasteiger charge is -2.20. The number of hydrogen-bond acceptors (Lipinski definition) is 4. The van der Waals surface area contributed by atoms with E-state index in [0.717, 1.165) is 0 Å². The average Bonchev–Trinajstić information content (AvgIpc) is 3.16. The SMILES string of the molecule is CC(=O)N(c1ccccc1Cl)c1onc(-c2cccc(Cl)c2F)c1-c1ccncc1. The van der Waals surface area contributed by atoms with Crippen molar-refractivity contribution in [2.45, 2.75) is 6.92 Å². The molecular weight excluding hydrogens is 428 g/mol. The Bertz CT molecular complexity index is 1230. The third kappa shape index (κ3) is 3.56. The van der Waals surface area contributed by atoms with Gasteiger partial charge in [0.25, 0.3) is 0 Å². The van der Waals surface area contributed by atoms with E-state index in [9.17, 15) is 9.18 Å². The van der Waals surface area contributed by atoms with Gasteiger partial charge in [0.2, 0.25) is 11.8 Å². The molecule has 0 aliphatic carbocycles. The van der Waals surface area contributed by atoms with E-state index in [-0.39, 0.29) is 28.1 Å². The molecule has 0 N–H and O–H groups in total. The zero-order chi connectivity index (χ0) is 21.3. The minimum absolute atomic E-state index is 0.0488. The topological polar surface area (TPSA) is 59.2 Å². The van der Waals surface area contributed by atoms with Crippen molar-refractivity contribution >= 4 is 40.7 Å². The Balaban J connectivity index is 2.02. The molecule has 0 aliphatic rings. The van der Waals surface area contributed by atoms with E-state index >= 15 is 0 Å². The maximum absolute atomic E-state index is 14.8. The summed E-state index contributed by atoms with van der Waals surface area (Å²) in [5.74, 6) is -0.884. The summed E-state index contributed by atoms with van der Waals surface area (Å²) in [6.45, 7) is 1.38. The van der Waals surface area contributed by atoms with E-state index in [1.54, 1.807) is 60.9 Å². The van der Waals surface area contributed by atoms with Crippen molar-refractivity contribution in [3.05, 3.63) is 82.9 Å². The molecule has 2 aromatic carbocycles. The molecule has 4 rings (SSSR count). The first-order valence-electron chi connectivity index (χ1n) is 8.88. The number of carbonyl (C=O) groups excluding carboxylic acids is 1. The Morgan fingerprint density at radius 3 is 2.40 bits per heavy atom. The molecule has 8 heteroatoms. The van der Waals surface area contributed by atoms with Gasteiger partial charge in [-0.2, -0.15) is 0 Å². The quantitative estimate of drug-likeness (QED) is 0.360. The van der Waals surface area contributed by atoms with Crippen LogP contribution in [0, 0.1) is 5.82 Å². The first kappa shape index (κ1) is 20.1. The van der Waals surface area contributed by atoms with Gasteiger partial charge in [0.05, 0.1) is 21.3 Å². The Hall–Kier alpha value is -3.22. The summed E-state index contributed by atoms with van der Waals surface area (Å²) in [4.78, 5) is 17.9.